The van der Waals surface area contributed by atoms with Crippen molar-refractivity contribution in [2.75, 3.05) is 7.05 Å². The molecule has 2 unspecified atom stereocenters. The van der Waals surface area contributed by atoms with Crippen LogP contribution in [0, 0.1) is 5.92 Å². The van der Waals surface area contributed by atoms with E-state index in [1.165, 1.54) is 0 Å². The molecule has 0 aromatic carbocycles. The Kier molecular flexibility index (Phi) is 2.77. The van der Waals surface area contributed by atoms with Gasteiger partial charge in [-0.3, -0.25) is 9.69 Å². The van der Waals surface area contributed by atoms with Crippen molar-refractivity contribution in [2.45, 2.75) is 25.4 Å². The molecule has 82 valence electrons. The Balaban J connectivity index is 1.91. The zero-order valence-electron chi connectivity index (χ0n) is 8.72. The summed E-state index contributed by atoms with van der Waals surface area (Å²) in [7, 11) is 1.95. The van der Waals surface area contributed by atoms with E-state index < -0.39 is 5.97 Å². The van der Waals surface area contributed by atoms with Crippen LogP contribution in [-0.2, 0) is 11.3 Å². The summed E-state index contributed by atoms with van der Waals surface area (Å²) in [5, 5.41) is 8.93. The molecule has 0 saturated heterocycles. The Morgan fingerprint density at radius 2 is 2.47 bits per heavy atom. The average Bonchev–Trinajstić information content (AvgIpc) is 2.52. The lowest BCUT2D eigenvalue weighted by Gasteiger charge is -2.39. The van der Waals surface area contributed by atoms with E-state index in [0.29, 0.717) is 6.54 Å². The van der Waals surface area contributed by atoms with Gasteiger partial charge in [0.15, 0.2) is 0 Å². The highest BCUT2D eigenvalue weighted by molar-refractivity contribution is 5.72. The molecule has 1 aromatic rings. The molecule has 0 bridgehead atoms. The molecule has 0 radical (unpaired) electrons. The molecule has 2 atom stereocenters. The fraction of sp³-hybridized carbons (Fsp3) is 0.545. The molecule has 0 aliphatic heterocycles. The largest absolute Gasteiger partial charge is 0.481 e. The summed E-state index contributed by atoms with van der Waals surface area (Å²) in [5.41, 5.74) is 0. The van der Waals surface area contributed by atoms with E-state index in [0.717, 1.165) is 18.6 Å². The van der Waals surface area contributed by atoms with Crippen LogP contribution in [-0.4, -0.2) is 29.1 Å². The molecule has 1 aromatic heterocycles. The number of rotatable bonds is 4. The van der Waals surface area contributed by atoms with Crippen molar-refractivity contribution in [2.24, 2.45) is 5.92 Å². The summed E-state index contributed by atoms with van der Waals surface area (Å²) in [6.45, 7) is 0.682. The van der Waals surface area contributed by atoms with Crippen molar-refractivity contribution in [3.05, 3.63) is 24.2 Å². The summed E-state index contributed by atoms with van der Waals surface area (Å²) >= 11 is 0. The van der Waals surface area contributed by atoms with Crippen LogP contribution < -0.4 is 0 Å². The molecule has 1 heterocycles. The van der Waals surface area contributed by atoms with Gasteiger partial charge in [-0.15, -0.1) is 0 Å². The van der Waals surface area contributed by atoms with Gasteiger partial charge in [-0.2, -0.15) is 0 Å². The van der Waals surface area contributed by atoms with E-state index in [1.54, 1.807) is 6.26 Å². The summed E-state index contributed by atoms with van der Waals surface area (Å²) in [4.78, 5) is 12.9. The van der Waals surface area contributed by atoms with Gasteiger partial charge in [0.05, 0.1) is 18.7 Å². The molecule has 2 rings (SSSR count). The van der Waals surface area contributed by atoms with Crippen molar-refractivity contribution in [3.8, 4) is 0 Å². The lowest BCUT2D eigenvalue weighted by Crippen LogP contribution is -2.48. The molecule has 4 nitrogen and oxygen atoms in total. The minimum Gasteiger partial charge on any atom is -0.481 e. The Morgan fingerprint density at radius 3 is 2.93 bits per heavy atom. The molecule has 1 aliphatic carbocycles. The van der Waals surface area contributed by atoms with Gasteiger partial charge in [0.1, 0.15) is 5.76 Å². The molecule has 0 spiro atoms. The van der Waals surface area contributed by atoms with Crippen molar-refractivity contribution >= 4 is 5.97 Å². The quantitative estimate of drug-likeness (QED) is 0.817. The van der Waals surface area contributed by atoms with Gasteiger partial charge in [-0.25, -0.2) is 0 Å². The second kappa shape index (κ2) is 4.06. The number of hydrogen-bond donors (Lipinski definition) is 1. The van der Waals surface area contributed by atoms with Gasteiger partial charge < -0.3 is 9.52 Å². The molecule has 15 heavy (non-hydrogen) atoms. The van der Waals surface area contributed by atoms with E-state index in [2.05, 4.69) is 4.90 Å². The van der Waals surface area contributed by atoms with Gasteiger partial charge in [0.25, 0.3) is 0 Å². The van der Waals surface area contributed by atoms with Gasteiger partial charge in [0.2, 0.25) is 0 Å². The predicted octanol–water partition coefficient (Wildman–Crippen LogP) is 1.57. The Labute approximate surface area is 88.5 Å². The normalized spacial score (nSPS) is 25.2. The number of hydrogen-bond acceptors (Lipinski definition) is 3. The zero-order chi connectivity index (χ0) is 10.8. The maximum absolute atomic E-state index is 10.8. The fourth-order valence-electron chi connectivity index (χ4n) is 2.06. The minimum atomic E-state index is -0.683. The van der Waals surface area contributed by atoms with Crippen molar-refractivity contribution in [3.63, 3.8) is 0 Å². The van der Waals surface area contributed by atoms with Crippen LogP contribution in [0.25, 0.3) is 0 Å². The van der Waals surface area contributed by atoms with E-state index in [4.69, 9.17) is 9.52 Å². The lowest BCUT2D eigenvalue weighted by atomic mass is 9.78. The van der Waals surface area contributed by atoms with Crippen LogP contribution in [0.2, 0.25) is 0 Å². The summed E-state index contributed by atoms with van der Waals surface area (Å²) < 4.78 is 5.23. The van der Waals surface area contributed by atoms with Gasteiger partial charge in [0, 0.05) is 6.04 Å². The lowest BCUT2D eigenvalue weighted by molar-refractivity contribution is -0.148. The fourth-order valence-corrected chi connectivity index (χ4v) is 2.06. The third-order valence-electron chi connectivity index (χ3n) is 3.11. The maximum atomic E-state index is 10.8. The first kappa shape index (κ1) is 10.2. The number of aliphatic carboxylic acids is 1. The second-order valence-electron chi connectivity index (χ2n) is 4.08. The predicted molar refractivity (Wildman–Crippen MR) is 54.3 cm³/mol. The molecule has 1 N–H and O–H groups in total. The standard InChI is InChI=1S/C11H15NO3/c1-12(7-8-3-2-6-15-8)10-5-4-9(10)11(13)14/h2-3,6,9-10H,4-5,7H2,1H3,(H,13,14). The number of furan rings is 1. The SMILES string of the molecule is CN(Cc1ccco1)C1CCC1C(=O)O. The Bertz CT molecular complexity index is 334. The first-order valence-corrected chi connectivity index (χ1v) is 5.14. The summed E-state index contributed by atoms with van der Waals surface area (Å²) in [6.07, 6.45) is 3.40. The monoisotopic (exact) mass is 209 g/mol. The van der Waals surface area contributed by atoms with Gasteiger partial charge in [-0.05, 0) is 32.0 Å². The van der Waals surface area contributed by atoms with Crippen molar-refractivity contribution in [1.29, 1.82) is 0 Å². The van der Waals surface area contributed by atoms with E-state index in [-0.39, 0.29) is 12.0 Å². The van der Waals surface area contributed by atoms with Crippen LogP contribution >= 0.6 is 0 Å². The Hall–Kier alpha value is -1.29. The smallest absolute Gasteiger partial charge is 0.308 e. The zero-order valence-corrected chi connectivity index (χ0v) is 8.72. The van der Waals surface area contributed by atoms with E-state index in [1.807, 2.05) is 19.2 Å². The van der Waals surface area contributed by atoms with Crippen LogP contribution in [0.5, 0.6) is 0 Å². The first-order chi connectivity index (χ1) is 7.18. The molecule has 1 saturated carbocycles. The third-order valence-corrected chi connectivity index (χ3v) is 3.11. The molecule has 1 aliphatic rings. The number of carbonyl (C=O) groups is 1. The van der Waals surface area contributed by atoms with E-state index in [9.17, 15) is 4.79 Å². The highest BCUT2D eigenvalue weighted by atomic mass is 16.4. The van der Waals surface area contributed by atoms with Crippen LogP contribution in [0.15, 0.2) is 22.8 Å². The maximum Gasteiger partial charge on any atom is 0.308 e. The van der Waals surface area contributed by atoms with Crippen LogP contribution in [0.3, 0.4) is 0 Å². The molecular weight excluding hydrogens is 194 g/mol. The van der Waals surface area contributed by atoms with Crippen LogP contribution in [0.1, 0.15) is 18.6 Å². The molecule has 1 fully saturated rings. The summed E-state index contributed by atoms with van der Waals surface area (Å²) in [6, 6.07) is 3.91. The highest BCUT2D eigenvalue weighted by Crippen LogP contribution is 2.32. The molecule has 0 amide bonds. The number of carboxylic acid groups (broad SMARTS) is 1. The first-order valence-electron chi connectivity index (χ1n) is 5.14. The van der Waals surface area contributed by atoms with Gasteiger partial charge in [-0.1, -0.05) is 0 Å². The number of nitrogens with zero attached hydrogens (tertiary/aromatic N) is 1. The van der Waals surface area contributed by atoms with Crippen molar-refractivity contribution < 1.29 is 14.3 Å². The minimum absolute atomic E-state index is 0.160. The average molecular weight is 209 g/mol. The summed E-state index contributed by atoms with van der Waals surface area (Å²) in [5.74, 6) is -0.00366. The molecule has 4 heteroatoms. The topological polar surface area (TPSA) is 53.7 Å². The Morgan fingerprint density at radius 1 is 1.67 bits per heavy atom. The van der Waals surface area contributed by atoms with Crippen molar-refractivity contribution in [1.82, 2.24) is 4.90 Å². The molecular formula is C11H15NO3. The number of carboxylic acids is 1. The highest BCUT2D eigenvalue weighted by Gasteiger charge is 2.39. The van der Waals surface area contributed by atoms with Crippen LogP contribution in [0.4, 0.5) is 0 Å². The third kappa shape index (κ3) is 2.04. The van der Waals surface area contributed by atoms with E-state index >= 15 is 0 Å². The second-order valence-corrected chi connectivity index (χ2v) is 4.08. The van der Waals surface area contributed by atoms with Gasteiger partial charge >= 0.3 is 5.97 Å².